The van der Waals surface area contributed by atoms with Crippen LogP contribution < -0.4 is 9.47 Å². The van der Waals surface area contributed by atoms with Crippen LogP contribution in [-0.2, 0) is 0 Å². The molecule has 1 saturated carbocycles. The Bertz CT molecular complexity index is 798. The number of ketones is 1. The molecule has 1 heterocycles. The van der Waals surface area contributed by atoms with Gasteiger partial charge < -0.3 is 9.47 Å². The van der Waals surface area contributed by atoms with Crippen LogP contribution in [0.25, 0.3) is 6.08 Å². The first-order valence-electron chi connectivity index (χ1n) is 9.29. The molecule has 0 aliphatic heterocycles. The van der Waals surface area contributed by atoms with Gasteiger partial charge in [0.15, 0.2) is 17.3 Å². The molecule has 1 fully saturated rings. The van der Waals surface area contributed by atoms with Crippen LogP contribution in [0.2, 0.25) is 0 Å². The fourth-order valence-corrected chi connectivity index (χ4v) is 4.25. The molecule has 3 rings (SSSR count). The number of rotatable bonds is 7. The van der Waals surface area contributed by atoms with Gasteiger partial charge in [0.05, 0.1) is 12.7 Å². The zero-order valence-corrected chi connectivity index (χ0v) is 16.5. The lowest BCUT2D eigenvalue weighted by molar-refractivity contribution is 0.104. The number of thiophene rings is 1. The van der Waals surface area contributed by atoms with Gasteiger partial charge in [-0.1, -0.05) is 12.1 Å². The van der Waals surface area contributed by atoms with Crippen LogP contribution in [0.5, 0.6) is 11.5 Å². The van der Waals surface area contributed by atoms with Crippen molar-refractivity contribution in [1.29, 1.82) is 0 Å². The van der Waals surface area contributed by atoms with Gasteiger partial charge in [-0.25, -0.2) is 0 Å². The fourth-order valence-electron chi connectivity index (χ4n) is 3.32. The number of allylic oxidation sites excluding steroid dienone is 1. The van der Waals surface area contributed by atoms with Crippen molar-refractivity contribution in [3.8, 4) is 11.5 Å². The summed E-state index contributed by atoms with van der Waals surface area (Å²) in [6, 6.07) is 7.83. The Morgan fingerprint density at radius 3 is 2.62 bits per heavy atom. The highest BCUT2D eigenvalue weighted by atomic mass is 32.1. The summed E-state index contributed by atoms with van der Waals surface area (Å²) >= 11 is 1.65. The van der Waals surface area contributed by atoms with Crippen LogP contribution in [0.15, 0.2) is 30.3 Å². The summed E-state index contributed by atoms with van der Waals surface area (Å²) < 4.78 is 11.9. The van der Waals surface area contributed by atoms with E-state index < -0.39 is 0 Å². The highest BCUT2D eigenvalue weighted by Gasteiger charge is 2.18. The maximum atomic E-state index is 12.4. The van der Waals surface area contributed by atoms with Gasteiger partial charge in [-0.15, -0.1) is 11.3 Å². The molecule has 26 heavy (non-hydrogen) atoms. The zero-order valence-electron chi connectivity index (χ0n) is 15.7. The number of benzene rings is 1. The predicted octanol–water partition coefficient (Wildman–Crippen LogP) is 5.98. The Morgan fingerprint density at radius 1 is 1.19 bits per heavy atom. The molecule has 138 valence electrons. The minimum absolute atomic E-state index is 0.0380. The topological polar surface area (TPSA) is 35.5 Å². The quantitative estimate of drug-likeness (QED) is 0.444. The van der Waals surface area contributed by atoms with Crippen molar-refractivity contribution in [3.63, 3.8) is 0 Å². The van der Waals surface area contributed by atoms with Gasteiger partial charge in [-0.3, -0.25) is 4.79 Å². The van der Waals surface area contributed by atoms with E-state index in [9.17, 15) is 4.79 Å². The summed E-state index contributed by atoms with van der Waals surface area (Å²) in [6.45, 7) is 6.56. The molecular weight excluding hydrogens is 344 g/mol. The molecule has 0 unspecified atom stereocenters. The molecule has 0 amide bonds. The average Bonchev–Trinajstić information content (AvgIpc) is 3.24. The molecule has 1 aliphatic carbocycles. The molecule has 0 bridgehead atoms. The summed E-state index contributed by atoms with van der Waals surface area (Å²) in [6.07, 6.45) is 8.47. The normalized spacial score (nSPS) is 14.9. The first-order chi connectivity index (χ1) is 12.6. The molecule has 0 atom stereocenters. The lowest BCUT2D eigenvalue weighted by Crippen LogP contribution is -2.11. The minimum Gasteiger partial charge on any atom is -0.490 e. The summed E-state index contributed by atoms with van der Waals surface area (Å²) in [5.74, 6) is 1.58. The Kier molecular flexibility index (Phi) is 6.15. The van der Waals surface area contributed by atoms with Gasteiger partial charge >= 0.3 is 0 Å². The van der Waals surface area contributed by atoms with Crippen molar-refractivity contribution in [1.82, 2.24) is 0 Å². The van der Waals surface area contributed by atoms with E-state index in [1.165, 1.54) is 12.8 Å². The Labute approximate surface area is 159 Å². The number of aryl methyl sites for hydroxylation is 2. The SMILES string of the molecule is CCOc1cc(/C=C/C(=O)c2cc(C)sc2C)ccc1OC1CCCC1. The van der Waals surface area contributed by atoms with E-state index in [-0.39, 0.29) is 5.78 Å². The Hall–Kier alpha value is -2.07. The van der Waals surface area contributed by atoms with Crippen molar-refractivity contribution < 1.29 is 14.3 Å². The first kappa shape index (κ1) is 18.7. The molecule has 4 heteroatoms. The van der Waals surface area contributed by atoms with Crippen molar-refractivity contribution in [2.24, 2.45) is 0 Å². The number of ether oxygens (including phenoxy) is 2. The highest BCUT2D eigenvalue weighted by molar-refractivity contribution is 7.12. The zero-order chi connectivity index (χ0) is 18.5. The molecule has 0 spiro atoms. The first-order valence-corrected chi connectivity index (χ1v) is 10.1. The molecule has 0 radical (unpaired) electrons. The van der Waals surface area contributed by atoms with Crippen LogP contribution in [0, 0.1) is 13.8 Å². The summed E-state index contributed by atoms with van der Waals surface area (Å²) in [5.41, 5.74) is 1.72. The lowest BCUT2D eigenvalue weighted by atomic mass is 10.1. The smallest absolute Gasteiger partial charge is 0.186 e. The van der Waals surface area contributed by atoms with Crippen molar-refractivity contribution >= 4 is 23.2 Å². The molecule has 2 aromatic rings. The van der Waals surface area contributed by atoms with Crippen LogP contribution in [0.3, 0.4) is 0 Å². The number of hydrogen-bond donors (Lipinski definition) is 0. The maximum absolute atomic E-state index is 12.4. The standard InChI is InChI=1S/C22H26O3S/c1-4-24-22-14-17(10-12-21(22)25-18-7-5-6-8-18)9-11-20(23)19-13-15(2)26-16(19)3/h9-14,18H,4-8H2,1-3H3/b11-9+. The van der Waals surface area contributed by atoms with Crippen molar-refractivity contribution in [3.05, 3.63) is 51.2 Å². The van der Waals surface area contributed by atoms with Crippen LogP contribution in [0.1, 0.15) is 58.3 Å². The number of carbonyl (C=O) groups is 1. The van der Waals surface area contributed by atoms with Gasteiger partial charge in [0, 0.05) is 15.3 Å². The van der Waals surface area contributed by atoms with E-state index in [0.29, 0.717) is 12.7 Å². The average molecular weight is 371 g/mol. The third kappa shape index (κ3) is 4.55. The van der Waals surface area contributed by atoms with Gasteiger partial charge in [-0.2, -0.15) is 0 Å². The molecule has 1 aliphatic rings. The van der Waals surface area contributed by atoms with Crippen LogP contribution >= 0.6 is 11.3 Å². The fraction of sp³-hybridized carbons (Fsp3) is 0.409. The van der Waals surface area contributed by atoms with E-state index in [1.807, 2.05) is 51.1 Å². The van der Waals surface area contributed by atoms with E-state index >= 15 is 0 Å². The molecule has 0 saturated heterocycles. The molecule has 3 nitrogen and oxygen atoms in total. The van der Waals surface area contributed by atoms with Crippen LogP contribution in [0.4, 0.5) is 0 Å². The second kappa shape index (κ2) is 8.54. The minimum atomic E-state index is 0.0380. The van der Waals surface area contributed by atoms with Gasteiger partial charge in [-0.05, 0) is 76.3 Å². The largest absolute Gasteiger partial charge is 0.490 e. The highest BCUT2D eigenvalue weighted by Crippen LogP contribution is 2.33. The van der Waals surface area contributed by atoms with E-state index in [2.05, 4.69) is 0 Å². The summed E-state index contributed by atoms with van der Waals surface area (Å²) in [7, 11) is 0. The monoisotopic (exact) mass is 370 g/mol. The molecular formula is C22H26O3S. The molecule has 1 aromatic carbocycles. The van der Waals surface area contributed by atoms with Crippen molar-refractivity contribution in [2.75, 3.05) is 6.61 Å². The second-order valence-electron chi connectivity index (χ2n) is 6.69. The lowest BCUT2D eigenvalue weighted by Gasteiger charge is -2.17. The van der Waals surface area contributed by atoms with Gasteiger partial charge in [0.25, 0.3) is 0 Å². The summed E-state index contributed by atoms with van der Waals surface area (Å²) in [4.78, 5) is 14.6. The second-order valence-corrected chi connectivity index (χ2v) is 8.15. The van der Waals surface area contributed by atoms with Crippen molar-refractivity contribution in [2.45, 2.75) is 52.6 Å². The third-order valence-corrected chi connectivity index (χ3v) is 5.56. The Balaban J connectivity index is 1.75. The Morgan fingerprint density at radius 2 is 1.96 bits per heavy atom. The number of hydrogen-bond acceptors (Lipinski definition) is 4. The third-order valence-electron chi connectivity index (χ3n) is 4.60. The van der Waals surface area contributed by atoms with Gasteiger partial charge in [0.1, 0.15) is 0 Å². The van der Waals surface area contributed by atoms with Crippen LogP contribution in [-0.4, -0.2) is 18.5 Å². The van der Waals surface area contributed by atoms with Gasteiger partial charge in [0.2, 0.25) is 0 Å². The summed E-state index contributed by atoms with van der Waals surface area (Å²) in [5, 5.41) is 0. The van der Waals surface area contributed by atoms with E-state index in [1.54, 1.807) is 17.4 Å². The number of carbonyl (C=O) groups excluding carboxylic acids is 1. The van der Waals surface area contributed by atoms with E-state index in [0.717, 1.165) is 45.2 Å². The predicted molar refractivity (Wildman–Crippen MR) is 108 cm³/mol. The molecule has 1 aromatic heterocycles. The molecule has 0 N–H and O–H groups in total. The maximum Gasteiger partial charge on any atom is 0.186 e. The van der Waals surface area contributed by atoms with E-state index in [4.69, 9.17) is 9.47 Å².